The molecule has 0 aliphatic carbocycles. The number of hydrogen-bond donors (Lipinski definition) is 2. The molecule has 0 saturated heterocycles. The number of benzene rings is 1. The molecule has 0 bridgehead atoms. The van der Waals surface area contributed by atoms with Gasteiger partial charge in [0.15, 0.2) is 0 Å². The van der Waals surface area contributed by atoms with Crippen LogP contribution in [0, 0.1) is 5.92 Å². The van der Waals surface area contributed by atoms with Gasteiger partial charge in [0.05, 0.1) is 17.1 Å². The number of aromatic nitrogens is 5. The van der Waals surface area contributed by atoms with Crippen LogP contribution in [0.4, 0.5) is 0 Å². The van der Waals surface area contributed by atoms with Crippen molar-refractivity contribution in [2.45, 2.75) is 32.9 Å². The first kappa shape index (κ1) is 16.9. The third-order valence-electron chi connectivity index (χ3n) is 3.96. The summed E-state index contributed by atoms with van der Waals surface area (Å²) in [6.45, 7) is 4.06. The molecule has 2 heterocycles. The molecule has 1 amide bonds. The van der Waals surface area contributed by atoms with E-state index in [0.29, 0.717) is 5.92 Å². The first-order chi connectivity index (χ1) is 11.9. The fraction of sp³-hybridized carbons (Fsp3) is 0.412. The minimum absolute atomic E-state index is 0.117. The molecular weight excluding hydrogens is 320 g/mol. The highest BCUT2D eigenvalue weighted by Gasteiger charge is 2.20. The molecule has 25 heavy (non-hydrogen) atoms. The second kappa shape index (κ2) is 6.92. The maximum atomic E-state index is 12.4. The molecule has 1 atom stereocenters. The Hall–Kier alpha value is -2.90. The van der Waals surface area contributed by atoms with Gasteiger partial charge in [0.2, 0.25) is 5.91 Å². The fourth-order valence-electron chi connectivity index (χ4n) is 2.75. The number of carbonyl (C=O) groups excluding carboxylic acids is 1. The third-order valence-corrected chi connectivity index (χ3v) is 3.96. The summed E-state index contributed by atoms with van der Waals surface area (Å²) in [6, 6.07) is 7.49. The first-order valence-corrected chi connectivity index (χ1v) is 8.26. The molecule has 1 aromatic carbocycles. The van der Waals surface area contributed by atoms with Gasteiger partial charge in [0.25, 0.3) is 0 Å². The number of para-hydroxylation sites is 2. The standard InChI is InChI=1S/C17H22N6O2/c1-11(2)8-14(16-20-12-6-4-5-7-13(12)21-16)19-15(24)9-23-17(25)22(3)10-18-23/h4-7,10-11,14H,8-9H2,1-3H3,(H,19,24)(H,20,21)/t14-/m1/s1. The van der Waals surface area contributed by atoms with Crippen LogP contribution in [0.15, 0.2) is 35.4 Å². The lowest BCUT2D eigenvalue weighted by atomic mass is 10.0. The Bertz CT molecular complexity index is 903. The largest absolute Gasteiger partial charge is 0.345 e. The van der Waals surface area contributed by atoms with Crippen molar-refractivity contribution in [1.82, 2.24) is 29.6 Å². The zero-order chi connectivity index (χ0) is 18.0. The predicted molar refractivity (Wildman–Crippen MR) is 93.9 cm³/mol. The Kier molecular flexibility index (Phi) is 4.69. The van der Waals surface area contributed by atoms with Gasteiger partial charge in [-0.2, -0.15) is 5.10 Å². The van der Waals surface area contributed by atoms with Gasteiger partial charge in [0, 0.05) is 7.05 Å². The van der Waals surface area contributed by atoms with Gasteiger partial charge in [-0.3, -0.25) is 9.36 Å². The molecule has 2 N–H and O–H groups in total. The van der Waals surface area contributed by atoms with Crippen LogP contribution < -0.4 is 11.0 Å². The van der Waals surface area contributed by atoms with Crippen LogP contribution in [-0.4, -0.2) is 30.2 Å². The number of hydrogen-bond acceptors (Lipinski definition) is 4. The van der Waals surface area contributed by atoms with Gasteiger partial charge < -0.3 is 10.3 Å². The van der Waals surface area contributed by atoms with Crippen LogP contribution in [0.2, 0.25) is 0 Å². The monoisotopic (exact) mass is 342 g/mol. The van der Waals surface area contributed by atoms with E-state index in [0.717, 1.165) is 28.0 Å². The Morgan fingerprint density at radius 1 is 1.32 bits per heavy atom. The SMILES string of the molecule is CC(C)C[C@@H](NC(=O)Cn1ncn(C)c1=O)c1nc2ccccc2[nH]1. The molecule has 0 aliphatic heterocycles. The van der Waals surface area contributed by atoms with Crippen LogP contribution in [-0.2, 0) is 18.4 Å². The van der Waals surface area contributed by atoms with Crippen molar-refractivity contribution in [3.8, 4) is 0 Å². The number of nitrogens with zero attached hydrogens (tertiary/aromatic N) is 4. The quantitative estimate of drug-likeness (QED) is 0.707. The molecule has 8 nitrogen and oxygen atoms in total. The van der Waals surface area contributed by atoms with Crippen molar-refractivity contribution in [2.75, 3.05) is 0 Å². The van der Waals surface area contributed by atoms with Crippen LogP contribution in [0.25, 0.3) is 11.0 Å². The highest BCUT2D eigenvalue weighted by molar-refractivity contribution is 5.77. The van der Waals surface area contributed by atoms with Crippen molar-refractivity contribution in [3.05, 3.63) is 46.9 Å². The number of H-pyrrole nitrogens is 1. The Morgan fingerprint density at radius 3 is 2.72 bits per heavy atom. The lowest BCUT2D eigenvalue weighted by Crippen LogP contribution is -2.36. The minimum Gasteiger partial charge on any atom is -0.345 e. The second-order valence-corrected chi connectivity index (χ2v) is 6.57. The van der Waals surface area contributed by atoms with Gasteiger partial charge in [-0.15, -0.1) is 0 Å². The van der Waals surface area contributed by atoms with E-state index < -0.39 is 0 Å². The normalized spacial score (nSPS) is 12.6. The molecule has 132 valence electrons. The van der Waals surface area contributed by atoms with Crippen molar-refractivity contribution in [3.63, 3.8) is 0 Å². The second-order valence-electron chi connectivity index (χ2n) is 6.57. The average molecular weight is 342 g/mol. The van der Waals surface area contributed by atoms with Crippen LogP contribution in [0.3, 0.4) is 0 Å². The predicted octanol–water partition coefficient (Wildman–Crippen LogP) is 1.36. The smallest absolute Gasteiger partial charge is 0.345 e. The van der Waals surface area contributed by atoms with E-state index in [1.807, 2.05) is 24.3 Å². The molecule has 8 heteroatoms. The summed E-state index contributed by atoms with van der Waals surface area (Å²) in [4.78, 5) is 32.1. The summed E-state index contributed by atoms with van der Waals surface area (Å²) in [5.74, 6) is 0.819. The molecule has 3 aromatic rings. The number of nitrogens with one attached hydrogen (secondary N) is 2. The van der Waals surface area contributed by atoms with E-state index in [4.69, 9.17) is 0 Å². The zero-order valence-electron chi connectivity index (χ0n) is 14.6. The molecule has 3 rings (SSSR count). The van der Waals surface area contributed by atoms with E-state index in [2.05, 4.69) is 34.2 Å². The van der Waals surface area contributed by atoms with Gasteiger partial charge in [0.1, 0.15) is 18.7 Å². The van der Waals surface area contributed by atoms with Gasteiger partial charge in [-0.05, 0) is 24.5 Å². The fourth-order valence-corrected chi connectivity index (χ4v) is 2.75. The minimum atomic E-state index is -0.320. The van der Waals surface area contributed by atoms with E-state index in [1.54, 1.807) is 7.05 Å². The van der Waals surface area contributed by atoms with Gasteiger partial charge >= 0.3 is 5.69 Å². The topological polar surface area (TPSA) is 97.6 Å². The van der Waals surface area contributed by atoms with Crippen molar-refractivity contribution < 1.29 is 4.79 Å². The van der Waals surface area contributed by atoms with E-state index in [1.165, 1.54) is 10.9 Å². The molecule has 0 radical (unpaired) electrons. The number of amides is 1. The van der Waals surface area contributed by atoms with E-state index >= 15 is 0 Å². The zero-order valence-corrected chi connectivity index (χ0v) is 14.6. The van der Waals surface area contributed by atoms with E-state index in [9.17, 15) is 9.59 Å². The number of rotatable bonds is 6. The molecule has 0 saturated carbocycles. The lowest BCUT2D eigenvalue weighted by molar-refractivity contribution is -0.122. The first-order valence-electron chi connectivity index (χ1n) is 8.26. The maximum Gasteiger partial charge on any atom is 0.345 e. The summed E-state index contributed by atoms with van der Waals surface area (Å²) in [7, 11) is 1.60. The van der Waals surface area contributed by atoms with E-state index in [-0.39, 0.29) is 24.2 Å². The maximum absolute atomic E-state index is 12.4. The number of fused-ring (bicyclic) bond motifs is 1. The number of carbonyl (C=O) groups is 1. The average Bonchev–Trinajstić information content (AvgIpc) is 3.12. The summed E-state index contributed by atoms with van der Waals surface area (Å²) in [5.41, 5.74) is 1.47. The van der Waals surface area contributed by atoms with Gasteiger partial charge in [-0.25, -0.2) is 14.5 Å². The summed E-state index contributed by atoms with van der Waals surface area (Å²) >= 11 is 0. The van der Waals surface area contributed by atoms with Crippen molar-refractivity contribution >= 4 is 16.9 Å². The van der Waals surface area contributed by atoms with Crippen molar-refractivity contribution in [1.29, 1.82) is 0 Å². The summed E-state index contributed by atoms with van der Waals surface area (Å²) < 4.78 is 2.47. The highest BCUT2D eigenvalue weighted by atomic mass is 16.2. The summed E-state index contributed by atoms with van der Waals surface area (Å²) in [6.07, 6.45) is 2.13. The van der Waals surface area contributed by atoms with Crippen molar-refractivity contribution in [2.24, 2.45) is 13.0 Å². The molecule has 0 fully saturated rings. The van der Waals surface area contributed by atoms with Crippen LogP contribution in [0.5, 0.6) is 0 Å². The Labute approximate surface area is 144 Å². The molecule has 2 aromatic heterocycles. The number of aromatic amines is 1. The van der Waals surface area contributed by atoms with Crippen LogP contribution >= 0.6 is 0 Å². The molecular formula is C17H22N6O2. The Morgan fingerprint density at radius 2 is 2.08 bits per heavy atom. The summed E-state index contributed by atoms with van der Waals surface area (Å²) in [5, 5.41) is 6.88. The molecule has 0 spiro atoms. The molecule has 0 aliphatic rings. The number of aryl methyl sites for hydroxylation is 1. The molecule has 0 unspecified atom stereocenters. The third kappa shape index (κ3) is 3.78. The van der Waals surface area contributed by atoms with Gasteiger partial charge in [-0.1, -0.05) is 26.0 Å². The lowest BCUT2D eigenvalue weighted by Gasteiger charge is -2.18. The Balaban J connectivity index is 1.79. The van der Waals surface area contributed by atoms with Crippen LogP contribution in [0.1, 0.15) is 32.1 Å². The highest BCUT2D eigenvalue weighted by Crippen LogP contribution is 2.21. The number of imidazole rings is 1.